The zero-order valence-corrected chi connectivity index (χ0v) is 9.23. The maximum Gasteiger partial charge on any atom is 0.146 e. The van der Waals surface area contributed by atoms with E-state index in [1.165, 1.54) is 0 Å². The van der Waals surface area contributed by atoms with Crippen LogP contribution >= 0.6 is 0 Å². The van der Waals surface area contributed by atoms with Crippen LogP contribution in [0, 0.1) is 0 Å². The molecule has 4 nitrogen and oxygen atoms in total. The van der Waals surface area contributed by atoms with E-state index < -0.39 is 0 Å². The van der Waals surface area contributed by atoms with Crippen molar-refractivity contribution in [2.24, 2.45) is 0 Å². The molecule has 0 spiro atoms. The highest BCUT2D eigenvalue weighted by atomic mass is 16.3. The predicted octanol–water partition coefficient (Wildman–Crippen LogP) is 1.99. The van der Waals surface area contributed by atoms with Crippen molar-refractivity contribution in [1.82, 2.24) is 4.98 Å². The van der Waals surface area contributed by atoms with Crippen LogP contribution < -0.4 is 11.5 Å². The lowest BCUT2D eigenvalue weighted by Crippen LogP contribution is -2.02. The Balaban J connectivity index is 2.23. The van der Waals surface area contributed by atoms with Gasteiger partial charge in [0.05, 0.1) is 5.69 Å². The molecule has 16 heavy (non-hydrogen) atoms. The molecule has 4 N–H and O–H groups in total. The lowest BCUT2D eigenvalue weighted by molar-refractivity contribution is 0.478. The van der Waals surface area contributed by atoms with Crippen molar-refractivity contribution in [3.63, 3.8) is 0 Å². The summed E-state index contributed by atoms with van der Waals surface area (Å²) in [5.74, 6) is 2.25. The third kappa shape index (κ3) is 2.00. The number of pyridine rings is 1. The molecular formula is C12H15N3O. The molecule has 0 fully saturated rings. The Labute approximate surface area is 94.3 Å². The van der Waals surface area contributed by atoms with E-state index >= 15 is 0 Å². The Hall–Kier alpha value is -1.97. The topological polar surface area (TPSA) is 78.1 Å². The van der Waals surface area contributed by atoms with Crippen LogP contribution in [0.5, 0.6) is 0 Å². The van der Waals surface area contributed by atoms with E-state index in [0.29, 0.717) is 17.9 Å². The molecule has 0 radical (unpaired) electrons. The summed E-state index contributed by atoms with van der Waals surface area (Å²) in [6.45, 7) is 2.06. The highest BCUT2D eigenvalue weighted by Crippen LogP contribution is 2.21. The van der Waals surface area contributed by atoms with Crippen LogP contribution in [0.4, 0.5) is 11.5 Å². The van der Waals surface area contributed by atoms with Gasteiger partial charge in [0.25, 0.3) is 0 Å². The van der Waals surface area contributed by atoms with E-state index in [0.717, 1.165) is 23.5 Å². The van der Waals surface area contributed by atoms with Crippen molar-refractivity contribution < 1.29 is 4.42 Å². The highest BCUT2D eigenvalue weighted by Gasteiger charge is 2.07. The minimum Gasteiger partial charge on any atom is -0.466 e. The predicted molar refractivity (Wildman–Crippen MR) is 64.0 cm³/mol. The maximum absolute atomic E-state index is 5.84. The molecule has 2 aromatic rings. The summed E-state index contributed by atoms with van der Waals surface area (Å²) in [7, 11) is 0. The van der Waals surface area contributed by atoms with Gasteiger partial charge in [-0.25, -0.2) is 4.98 Å². The Morgan fingerprint density at radius 3 is 2.62 bits per heavy atom. The van der Waals surface area contributed by atoms with Gasteiger partial charge in [0.2, 0.25) is 0 Å². The fraction of sp³-hybridized carbons (Fsp3) is 0.250. The summed E-state index contributed by atoms with van der Waals surface area (Å²) in [6, 6.07) is 5.81. The fourth-order valence-electron chi connectivity index (χ4n) is 1.58. The summed E-state index contributed by atoms with van der Waals surface area (Å²) in [4.78, 5) is 3.92. The van der Waals surface area contributed by atoms with Crippen LogP contribution in [-0.2, 0) is 12.8 Å². The van der Waals surface area contributed by atoms with Crippen molar-refractivity contribution in [1.29, 1.82) is 0 Å². The first kappa shape index (κ1) is 10.5. The Morgan fingerprint density at radius 1 is 1.19 bits per heavy atom. The number of hydrogen-bond donors (Lipinski definition) is 2. The van der Waals surface area contributed by atoms with Crippen LogP contribution in [0.2, 0.25) is 0 Å². The first-order chi connectivity index (χ1) is 7.70. The van der Waals surface area contributed by atoms with Crippen LogP contribution in [0.25, 0.3) is 0 Å². The lowest BCUT2D eigenvalue weighted by atomic mass is 10.1. The SMILES string of the molecule is CCc1ccc(Cc2ccnc(N)c2N)o1. The van der Waals surface area contributed by atoms with E-state index in [-0.39, 0.29) is 0 Å². The Bertz CT molecular complexity index is 491. The zero-order chi connectivity index (χ0) is 11.5. The van der Waals surface area contributed by atoms with Crippen molar-refractivity contribution >= 4 is 11.5 Å². The third-order valence-electron chi connectivity index (χ3n) is 2.54. The van der Waals surface area contributed by atoms with Gasteiger partial charge in [0, 0.05) is 19.0 Å². The molecule has 0 aliphatic rings. The number of nitrogen functional groups attached to an aromatic ring is 2. The second kappa shape index (κ2) is 4.26. The van der Waals surface area contributed by atoms with Crippen molar-refractivity contribution in [2.75, 3.05) is 11.5 Å². The van der Waals surface area contributed by atoms with Crippen LogP contribution in [0.15, 0.2) is 28.8 Å². The number of hydrogen-bond acceptors (Lipinski definition) is 4. The minimum atomic E-state index is 0.375. The molecular weight excluding hydrogens is 202 g/mol. The number of aromatic nitrogens is 1. The molecule has 0 aromatic carbocycles. The van der Waals surface area contributed by atoms with Gasteiger partial charge in [-0.15, -0.1) is 0 Å². The number of anilines is 2. The number of nitrogens with two attached hydrogens (primary N) is 2. The van der Waals surface area contributed by atoms with E-state index in [1.54, 1.807) is 6.20 Å². The molecule has 2 heterocycles. The average Bonchev–Trinajstić information content (AvgIpc) is 2.73. The molecule has 0 unspecified atom stereocenters. The minimum absolute atomic E-state index is 0.375. The van der Waals surface area contributed by atoms with Crippen LogP contribution in [0.3, 0.4) is 0 Å². The van der Waals surface area contributed by atoms with Crippen LogP contribution in [-0.4, -0.2) is 4.98 Å². The number of nitrogens with zero attached hydrogens (tertiary/aromatic N) is 1. The molecule has 84 valence electrons. The second-order valence-corrected chi connectivity index (χ2v) is 3.67. The molecule has 0 saturated heterocycles. The van der Waals surface area contributed by atoms with Crippen molar-refractivity contribution in [3.8, 4) is 0 Å². The number of furan rings is 1. The summed E-state index contributed by atoms with van der Waals surface area (Å²) in [5.41, 5.74) is 13.0. The molecule has 0 bridgehead atoms. The summed E-state index contributed by atoms with van der Waals surface area (Å²) in [6.07, 6.45) is 3.21. The molecule has 2 rings (SSSR count). The van der Waals surface area contributed by atoms with Crippen LogP contribution in [0.1, 0.15) is 24.0 Å². The molecule has 0 aliphatic carbocycles. The third-order valence-corrected chi connectivity index (χ3v) is 2.54. The van der Waals surface area contributed by atoms with Gasteiger partial charge in [-0.2, -0.15) is 0 Å². The standard InChI is InChI=1S/C12H15N3O/c1-2-9-3-4-10(16-9)7-8-5-6-15-12(14)11(8)13/h3-6H,2,7,13H2,1H3,(H2,14,15). The molecule has 4 heteroatoms. The van der Waals surface area contributed by atoms with Gasteiger partial charge in [-0.1, -0.05) is 6.92 Å². The molecule has 0 atom stereocenters. The Kier molecular flexibility index (Phi) is 2.81. The largest absolute Gasteiger partial charge is 0.466 e. The summed E-state index contributed by atoms with van der Waals surface area (Å²) < 4.78 is 5.61. The maximum atomic E-state index is 5.84. The number of aryl methyl sites for hydroxylation is 1. The first-order valence-electron chi connectivity index (χ1n) is 5.27. The van der Waals surface area contributed by atoms with Gasteiger partial charge in [-0.3, -0.25) is 0 Å². The van der Waals surface area contributed by atoms with E-state index in [1.807, 2.05) is 18.2 Å². The molecule has 0 amide bonds. The average molecular weight is 217 g/mol. The van der Waals surface area contributed by atoms with Gasteiger partial charge >= 0.3 is 0 Å². The molecule has 0 saturated carbocycles. The van der Waals surface area contributed by atoms with E-state index in [4.69, 9.17) is 15.9 Å². The first-order valence-corrected chi connectivity index (χ1v) is 5.27. The van der Waals surface area contributed by atoms with Gasteiger partial charge in [-0.05, 0) is 23.8 Å². The van der Waals surface area contributed by atoms with E-state index in [9.17, 15) is 0 Å². The van der Waals surface area contributed by atoms with Gasteiger partial charge in [0.15, 0.2) is 0 Å². The smallest absolute Gasteiger partial charge is 0.146 e. The van der Waals surface area contributed by atoms with Gasteiger partial charge in [0.1, 0.15) is 17.3 Å². The number of rotatable bonds is 3. The van der Waals surface area contributed by atoms with E-state index in [2.05, 4.69) is 11.9 Å². The highest BCUT2D eigenvalue weighted by molar-refractivity contribution is 5.63. The fourth-order valence-corrected chi connectivity index (χ4v) is 1.58. The molecule has 2 aromatic heterocycles. The quantitative estimate of drug-likeness (QED) is 0.824. The molecule has 0 aliphatic heterocycles. The summed E-state index contributed by atoms with van der Waals surface area (Å²) >= 11 is 0. The zero-order valence-electron chi connectivity index (χ0n) is 9.23. The normalized spacial score (nSPS) is 10.6. The second-order valence-electron chi connectivity index (χ2n) is 3.67. The van der Waals surface area contributed by atoms with Gasteiger partial charge < -0.3 is 15.9 Å². The van der Waals surface area contributed by atoms with Crippen molar-refractivity contribution in [3.05, 3.63) is 41.5 Å². The monoisotopic (exact) mass is 217 g/mol. The van der Waals surface area contributed by atoms with Crippen molar-refractivity contribution in [2.45, 2.75) is 19.8 Å². The lowest BCUT2D eigenvalue weighted by Gasteiger charge is -2.05. The Morgan fingerprint density at radius 2 is 1.94 bits per heavy atom. The summed E-state index contributed by atoms with van der Waals surface area (Å²) in [5, 5.41) is 0.